The molecule has 1 aromatic carbocycles. The predicted molar refractivity (Wildman–Crippen MR) is 56.0 cm³/mol. The van der Waals surface area contributed by atoms with Crippen molar-refractivity contribution in [1.29, 1.82) is 0 Å². The lowest BCUT2D eigenvalue weighted by Gasteiger charge is -2.10. The summed E-state index contributed by atoms with van der Waals surface area (Å²) in [4.78, 5) is 22.8. The Labute approximate surface area is 102 Å². The summed E-state index contributed by atoms with van der Waals surface area (Å²) in [7, 11) is 0. The van der Waals surface area contributed by atoms with Gasteiger partial charge in [-0.3, -0.25) is 0 Å². The quantitative estimate of drug-likeness (QED) is 0.724. The van der Waals surface area contributed by atoms with Crippen LogP contribution in [0.4, 0.5) is 0 Å². The zero-order chi connectivity index (χ0) is 12.5. The fourth-order valence-corrected chi connectivity index (χ4v) is 1.96. The van der Waals surface area contributed by atoms with E-state index in [1.165, 1.54) is 0 Å². The lowest BCUT2D eigenvalue weighted by atomic mass is 10.0. The summed E-state index contributed by atoms with van der Waals surface area (Å²) < 4.78 is 19.8. The monoisotopic (exact) mass is 250 g/mol. The van der Waals surface area contributed by atoms with E-state index in [2.05, 4.69) is 0 Å². The van der Waals surface area contributed by atoms with E-state index in [9.17, 15) is 9.59 Å². The van der Waals surface area contributed by atoms with Crippen LogP contribution in [0, 0.1) is 0 Å². The second kappa shape index (κ2) is 4.40. The van der Waals surface area contributed by atoms with Gasteiger partial charge in [0.2, 0.25) is 0 Å². The van der Waals surface area contributed by atoms with Crippen molar-refractivity contribution in [2.75, 3.05) is 13.6 Å². The molecule has 3 rings (SSSR count). The number of rotatable bonds is 2. The van der Waals surface area contributed by atoms with Gasteiger partial charge in [-0.15, -0.1) is 0 Å². The third-order valence-electron chi connectivity index (χ3n) is 2.82. The minimum absolute atomic E-state index is 0.0459. The molecule has 1 aromatic rings. The lowest BCUT2D eigenvalue weighted by Crippen LogP contribution is -2.10. The molecule has 2 saturated heterocycles. The summed E-state index contributed by atoms with van der Waals surface area (Å²) in [6, 6.07) is 6.89. The first-order valence-corrected chi connectivity index (χ1v) is 5.42. The zero-order valence-electron chi connectivity index (χ0n) is 9.33. The fourth-order valence-electron chi connectivity index (χ4n) is 1.96. The largest absolute Gasteiger partial charge is 0.436 e. The van der Waals surface area contributed by atoms with Crippen molar-refractivity contribution >= 4 is 11.9 Å². The Kier molecular flexibility index (Phi) is 2.73. The minimum Gasteiger partial charge on any atom is -0.436 e. The standard InChI is InChI=1S/C12H10O6/c13-11-9(15-5-17-11)7-2-1-3-8(4-7)10-12(14)18-6-16-10/h1-4,9-10H,5-6H2/t9-,10-/m0/s1. The smallest absolute Gasteiger partial charge is 0.342 e. The molecule has 0 N–H and O–H groups in total. The Bertz CT molecular complexity index is 456. The van der Waals surface area contributed by atoms with Crippen molar-refractivity contribution in [1.82, 2.24) is 0 Å². The Morgan fingerprint density at radius 2 is 1.39 bits per heavy atom. The molecular formula is C12H10O6. The molecule has 0 spiro atoms. The number of ether oxygens (including phenoxy) is 4. The topological polar surface area (TPSA) is 71.1 Å². The number of carbonyl (C=O) groups excluding carboxylic acids is 2. The molecule has 2 atom stereocenters. The first-order chi connectivity index (χ1) is 8.75. The Hall–Kier alpha value is -1.92. The van der Waals surface area contributed by atoms with E-state index >= 15 is 0 Å². The van der Waals surface area contributed by atoms with Crippen LogP contribution in [-0.2, 0) is 28.5 Å². The molecule has 0 saturated carbocycles. The van der Waals surface area contributed by atoms with Crippen LogP contribution in [0.5, 0.6) is 0 Å². The number of hydrogen-bond acceptors (Lipinski definition) is 6. The minimum atomic E-state index is -0.734. The van der Waals surface area contributed by atoms with Crippen LogP contribution in [-0.4, -0.2) is 25.5 Å². The van der Waals surface area contributed by atoms with E-state index in [1.807, 2.05) is 0 Å². The highest BCUT2D eigenvalue weighted by Gasteiger charge is 2.32. The first-order valence-electron chi connectivity index (χ1n) is 5.42. The molecule has 0 radical (unpaired) electrons. The Morgan fingerprint density at radius 3 is 1.78 bits per heavy atom. The summed E-state index contributed by atoms with van der Waals surface area (Å²) in [5.41, 5.74) is 1.27. The molecule has 2 fully saturated rings. The van der Waals surface area contributed by atoms with Crippen molar-refractivity contribution in [3.05, 3.63) is 35.4 Å². The van der Waals surface area contributed by atoms with E-state index in [0.717, 1.165) is 0 Å². The highest BCUT2D eigenvalue weighted by Crippen LogP contribution is 2.29. The highest BCUT2D eigenvalue weighted by atomic mass is 16.7. The number of cyclic esters (lactones) is 2. The second-order valence-electron chi connectivity index (χ2n) is 3.93. The molecule has 0 bridgehead atoms. The molecule has 2 heterocycles. The van der Waals surface area contributed by atoms with Crippen molar-refractivity contribution in [2.45, 2.75) is 12.2 Å². The van der Waals surface area contributed by atoms with Gasteiger partial charge in [-0.25, -0.2) is 9.59 Å². The maximum atomic E-state index is 11.4. The van der Waals surface area contributed by atoms with Gasteiger partial charge in [-0.2, -0.15) is 0 Å². The van der Waals surface area contributed by atoms with Crippen LogP contribution in [0.2, 0.25) is 0 Å². The van der Waals surface area contributed by atoms with Gasteiger partial charge in [0.05, 0.1) is 0 Å². The summed E-state index contributed by atoms with van der Waals surface area (Å²) in [6.07, 6.45) is -1.47. The number of benzene rings is 1. The Balaban J connectivity index is 1.89. The highest BCUT2D eigenvalue weighted by molar-refractivity contribution is 5.79. The summed E-state index contributed by atoms with van der Waals surface area (Å²) in [5.74, 6) is -0.857. The second-order valence-corrected chi connectivity index (χ2v) is 3.93. The van der Waals surface area contributed by atoms with Gasteiger partial charge in [0.25, 0.3) is 0 Å². The van der Waals surface area contributed by atoms with Crippen LogP contribution >= 0.6 is 0 Å². The van der Waals surface area contributed by atoms with E-state index < -0.39 is 24.1 Å². The number of esters is 2. The maximum absolute atomic E-state index is 11.4. The van der Waals surface area contributed by atoms with E-state index in [-0.39, 0.29) is 13.6 Å². The SMILES string of the molecule is O=C1OCO[C@H]1c1cccc([C@@H]2OCOC2=O)c1. The maximum Gasteiger partial charge on any atom is 0.342 e. The molecule has 18 heavy (non-hydrogen) atoms. The van der Waals surface area contributed by atoms with E-state index in [0.29, 0.717) is 11.1 Å². The van der Waals surface area contributed by atoms with Gasteiger partial charge < -0.3 is 18.9 Å². The number of carbonyl (C=O) groups is 2. The predicted octanol–water partition coefficient (Wildman–Crippen LogP) is 0.831. The molecule has 2 aliphatic heterocycles. The lowest BCUT2D eigenvalue weighted by molar-refractivity contribution is -0.140. The van der Waals surface area contributed by atoms with Crippen LogP contribution in [0.1, 0.15) is 23.3 Å². The van der Waals surface area contributed by atoms with Gasteiger partial charge in [0, 0.05) is 0 Å². The summed E-state index contributed by atoms with van der Waals surface area (Å²) >= 11 is 0. The van der Waals surface area contributed by atoms with Crippen molar-refractivity contribution < 1.29 is 28.5 Å². The van der Waals surface area contributed by atoms with Gasteiger partial charge in [-0.1, -0.05) is 18.2 Å². The van der Waals surface area contributed by atoms with Crippen molar-refractivity contribution in [3.8, 4) is 0 Å². The van der Waals surface area contributed by atoms with E-state index in [4.69, 9.17) is 18.9 Å². The molecule has 6 heteroatoms. The summed E-state index contributed by atoms with van der Waals surface area (Å²) in [6.45, 7) is -0.0919. The van der Waals surface area contributed by atoms with Crippen LogP contribution in [0.25, 0.3) is 0 Å². The van der Waals surface area contributed by atoms with Crippen molar-refractivity contribution in [3.63, 3.8) is 0 Å². The van der Waals surface area contributed by atoms with Crippen LogP contribution in [0.15, 0.2) is 24.3 Å². The molecule has 0 aromatic heterocycles. The number of hydrogen-bond donors (Lipinski definition) is 0. The Morgan fingerprint density at radius 1 is 0.889 bits per heavy atom. The van der Waals surface area contributed by atoms with Crippen LogP contribution in [0.3, 0.4) is 0 Å². The zero-order valence-corrected chi connectivity index (χ0v) is 9.33. The van der Waals surface area contributed by atoms with Gasteiger partial charge in [-0.05, 0) is 17.2 Å². The molecule has 0 amide bonds. The van der Waals surface area contributed by atoms with Gasteiger partial charge in [0.15, 0.2) is 25.8 Å². The van der Waals surface area contributed by atoms with Crippen LogP contribution < -0.4 is 0 Å². The average Bonchev–Trinajstić information content (AvgIpc) is 2.98. The molecular weight excluding hydrogens is 240 g/mol. The molecule has 2 aliphatic rings. The third-order valence-corrected chi connectivity index (χ3v) is 2.82. The third kappa shape index (κ3) is 1.85. The van der Waals surface area contributed by atoms with Gasteiger partial charge >= 0.3 is 11.9 Å². The normalized spacial score (nSPS) is 27.1. The first kappa shape index (κ1) is 11.2. The van der Waals surface area contributed by atoms with Gasteiger partial charge in [0.1, 0.15) is 0 Å². The molecule has 6 nitrogen and oxygen atoms in total. The molecule has 0 unspecified atom stereocenters. The fraction of sp³-hybridized carbons (Fsp3) is 0.333. The molecule has 94 valence electrons. The summed E-state index contributed by atoms with van der Waals surface area (Å²) in [5, 5.41) is 0. The van der Waals surface area contributed by atoms with E-state index in [1.54, 1.807) is 24.3 Å². The van der Waals surface area contributed by atoms with Crippen molar-refractivity contribution in [2.24, 2.45) is 0 Å². The molecule has 0 aliphatic carbocycles. The average molecular weight is 250 g/mol.